The molecule has 1 aromatic rings. The maximum absolute atomic E-state index is 6.16. The topological polar surface area (TPSA) is 29.3 Å². The third-order valence-corrected chi connectivity index (χ3v) is 4.43. The first-order chi connectivity index (χ1) is 8.56. The molecule has 0 aliphatic carbocycles. The van der Waals surface area contributed by atoms with E-state index in [0.717, 1.165) is 30.2 Å². The van der Waals surface area contributed by atoms with Crippen molar-refractivity contribution in [2.45, 2.75) is 39.3 Å². The summed E-state index contributed by atoms with van der Waals surface area (Å²) >= 11 is 6.16. The van der Waals surface area contributed by atoms with Gasteiger partial charge in [0.15, 0.2) is 0 Å². The van der Waals surface area contributed by atoms with Crippen LogP contribution in [-0.2, 0) is 6.54 Å². The van der Waals surface area contributed by atoms with Gasteiger partial charge in [0.2, 0.25) is 0 Å². The summed E-state index contributed by atoms with van der Waals surface area (Å²) in [5.41, 5.74) is 8.42. The van der Waals surface area contributed by atoms with Crippen LogP contribution < -0.4 is 5.73 Å². The summed E-state index contributed by atoms with van der Waals surface area (Å²) in [5, 5.41) is 0.873. The van der Waals surface area contributed by atoms with Gasteiger partial charge in [-0.05, 0) is 62.9 Å². The normalized spacial score (nSPS) is 18.9. The fourth-order valence-corrected chi connectivity index (χ4v) is 2.83. The van der Waals surface area contributed by atoms with E-state index in [2.05, 4.69) is 30.0 Å². The van der Waals surface area contributed by atoms with Crippen LogP contribution >= 0.6 is 24.0 Å². The highest BCUT2D eigenvalue weighted by Gasteiger charge is 2.21. The van der Waals surface area contributed by atoms with Gasteiger partial charge in [0.25, 0.3) is 0 Å². The number of hydrogen-bond donors (Lipinski definition) is 1. The molecule has 1 atom stereocenters. The molecule has 1 heterocycles. The Labute approximate surface area is 127 Å². The lowest BCUT2D eigenvalue weighted by Crippen LogP contribution is -2.39. The number of rotatable bonds is 3. The maximum atomic E-state index is 6.16. The third kappa shape index (κ3) is 4.64. The fourth-order valence-electron chi connectivity index (χ4n) is 2.63. The number of likely N-dealkylation sites (tertiary alicyclic amines) is 1. The first kappa shape index (κ1) is 16.8. The second-order valence-electron chi connectivity index (χ2n) is 5.56. The molecule has 1 aromatic carbocycles. The molecule has 1 fully saturated rings. The lowest BCUT2D eigenvalue weighted by molar-refractivity contribution is 0.166. The minimum absolute atomic E-state index is 0. The van der Waals surface area contributed by atoms with E-state index in [4.69, 9.17) is 17.3 Å². The van der Waals surface area contributed by atoms with Crippen molar-refractivity contribution in [2.24, 2.45) is 11.7 Å². The lowest BCUT2D eigenvalue weighted by Gasteiger charge is -2.33. The van der Waals surface area contributed by atoms with Gasteiger partial charge in [0.1, 0.15) is 0 Å². The van der Waals surface area contributed by atoms with Crippen LogP contribution in [0.15, 0.2) is 18.2 Å². The first-order valence-electron chi connectivity index (χ1n) is 6.79. The van der Waals surface area contributed by atoms with Crippen molar-refractivity contribution in [3.63, 3.8) is 0 Å². The molecule has 0 spiro atoms. The van der Waals surface area contributed by atoms with Crippen molar-refractivity contribution < 1.29 is 0 Å². The molecule has 0 amide bonds. The Morgan fingerprint density at radius 2 is 2.00 bits per heavy atom. The van der Waals surface area contributed by atoms with Gasteiger partial charge in [-0.2, -0.15) is 0 Å². The van der Waals surface area contributed by atoms with Crippen molar-refractivity contribution in [3.8, 4) is 0 Å². The Morgan fingerprint density at radius 3 is 2.53 bits per heavy atom. The van der Waals surface area contributed by atoms with Gasteiger partial charge in [0.05, 0.1) is 0 Å². The molecule has 1 saturated heterocycles. The van der Waals surface area contributed by atoms with Crippen molar-refractivity contribution in [2.75, 3.05) is 13.1 Å². The Kier molecular flexibility index (Phi) is 6.61. The summed E-state index contributed by atoms with van der Waals surface area (Å²) in [6, 6.07) is 6.71. The van der Waals surface area contributed by atoms with Gasteiger partial charge < -0.3 is 5.73 Å². The van der Waals surface area contributed by atoms with E-state index in [1.807, 2.05) is 6.92 Å². The van der Waals surface area contributed by atoms with Crippen LogP contribution in [0, 0.1) is 12.8 Å². The van der Waals surface area contributed by atoms with E-state index in [1.54, 1.807) is 0 Å². The average Bonchev–Trinajstić information content (AvgIpc) is 2.34. The highest BCUT2D eigenvalue weighted by Crippen LogP contribution is 2.22. The van der Waals surface area contributed by atoms with Gasteiger partial charge in [-0.1, -0.05) is 23.7 Å². The van der Waals surface area contributed by atoms with E-state index >= 15 is 0 Å². The molecular formula is C15H24Cl2N2. The lowest BCUT2D eigenvalue weighted by atomic mass is 9.91. The molecule has 108 valence electrons. The maximum Gasteiger partial charge on any atom is 0.0438 e. The van der Waals surface area contributed by atoms with Crippen LogP contribution in [0.4, 0.5) is 0 Å². The van der Waals surface area contributed by atoms with Crippen molar-refractivity contribution in [1.82, 2.24) is 4.90 Å². The van der Waals surface area contributed by atoms with E-state index in [0.29, 0.717) is 12.0 Å². The molecule has 0 aromatic heterocycles. The van der Waals surface area contributed by atoms with Crippen LogP contribution in [0.25, 0.3) is 0 Å². The van der Waals surface area contributed by atoms with E-state index < -0.39 is 0 Å². The minimum atomic E-state index is 0. The molecule has 0 saturated carbocycles. The van der Waals surface area contributed by atoms with E-state index in [1.165, 1.54) is 18.4 Å². The zero-order valence-corrected chi connectivity index (χ0v) is 13.3. The van der Waals surface area contributed by atoms with Gasteiger partial charge in [-0.15, -0.1) is 12.4 Å². The Balaban J connectivity index is 0.00000180. The molecule has 2 nitrogen and oxygen atoms in total. The van der Waals surface area contributed by atoms with Gasteiger partial charge in [0, 0.05) is 17.6 Å². The summed E-state index contributed by atoms with van der Waals surface area (Å²) in [6.45, 7) is 7.47. The molecule has 1 unspecified atom stereocenters. The summed E-state index contributed by atoms with van der Waals surface area (Å²) in [4.78, 5) is 2.50. The molecule has 0 radical (unpaired) electrons. The van der Waals surface area contributed by atoms with Gasteiger partial charge in [-0.25, -0.2) is 0 Å². The summed E-state index contributed by atoms with van der Waals surface area (Å²) in [6.07, 6.45) is 2.44. The predicted molar refractivity (Wildman–Crippen MR) is 85.1 cm³/mol. The number of piperidine rings is 1. The monoisotopic (exact) mass is 302 g/mol. The number of nitrogens with two attached hydrogens (primary N) is 1. The van der Waals surface area contributed by atoms with Crippen LogP contribution in [-0.4, -0.2) is 24.0 Å². The summed E-state index contributed by atoms with van der Waals surface area (Å²) in [5.74, 6) is 0.697. The van der Waals surface area contributed by atoms with Gasteiger partial charge >= 0.3 is 0 Å². The molecule has 4 heteroatoms. The smallest absolute Gasteiger partial charge is 0.0438 e. The molecule has 2 N–H and O–H groups in total. The van der Waals surface area contributed by atoms with Crippen LogP contribution in [0.1, 0.15) is 30.9 Å². The average molecular weight is 303 g/mol. The Hall–Kier alpha value is -0.280. The highest BCUT2D eigenvalue weighted by molar-refractivity contribution is 6.31. The third-order valence-electron chi connectivity index (χ3n) is 4.02. The van der Waals surface area contributed by atoms with E-state index in [-0.39, 0.29) is 12.4 Å². The molecule has 1 aliphatic heterocycles. The molecule has 19 heavy (non-hydrogen) atoms. The van der Waals surface area contributed by atoms with Gasteiger partial charge in [-0.3, -0.25) is 4.90 Å². The SMILES string of the molecule is Cc1ccc(CN2CCC(C(C)N)CC2)cc1Cl.Cl. The molecule has 1 aliphatic rings. The van der Waals surface area contributed by atoms with Crippen LogP contribution in [0.2, 0.25) is 5.02 Å². The van der Waals surface area contributed by atoms with Crippen molar-refractivity contribution in [1.29, 1.82) is 0 Å². The number of halogens is 2. The molecule has 2 rings (SSSR count). The number of nitrogens with zero attached hydrogens (tertiary/aromatic N) is 1. The zero-order valence-electron chi connectivity index (χ0n) is 11.7. The van der Waals surface area contributed by atoms with Crippen LogP contribution in [0.3, 0.4) is 0 Å². The highest BCUT2D eigenvalue weighted by atomic mass is 35.5. The van der Waals surface area contributed by atoms with Crippen LogP contribution in [0.5, 0.6) is 0 Å². The summed E-state index contributed by atoms with van der Waals surface area (Å²) in [7, 11) is 0. The second-order valence-corrected chi connectivity index (χ2v) is 5.96. The number of benzene rings is 1. The Morgan fingerprint density at radius 1 is 1.37 bits per heavy atom. The molecule has 0 bridgehead atoms. The quantitative estimate of drug-likeness (QED) is 0.924. The molecular weight excluding hydrogens is 279 g/mol. The largest absolute Gasteiger partial charge is 0.328 e. The minimum Gasteiger partial charge on any atom is -0.328 e. The number of aryl methyl sites for hydroxylation is 1. The first-order valence-corrected chi connectivity index (χ1v) is 7.17. The Bertz CT molecular complexity index is 399. The number of hydrogen-bond acceptors (Lipinski definition) is 2. The van der Waals surface area contributed by atoms with E-state index in [9.17, 15) is 0 Å². The van der Waals surface area contributed by atoms with Crippen molar-refractivity contribution >= 4 is 24.0 Å². The zero-order chi connectivity index (χ0) is 13.1. The fraction of sp³-hybridized carbons (Fsp3) is 0.600. The predicted octanol–water partition coefficient (Wildman–Crippen LogP) is 3.63. The summed E-state index contributed by atoms with van der Waals surface area (Å²) < 4.78 is 0. The second kappa shape index (κ2) is 7.49. The van der Waals surface area contributed by atoms with Crippen molar-refractivity contribution in [3.05, 3.63) is 34.3 Å². The standard InChI is InChI=1S/C15H23ClN2.ClH/c1-11-3-4-13(9-15(11)16)10-18-7-5-14(6-8-18)12(2)17;/h3-4,9,12,14H,5-8,10,17H2,1-2H3;1H.